The number of hydrogen-bond acceptors (Lipinski definition) is 9. The average molecular weight is 599 g/mol. The summed E-state index contributed by atoms with van der Waals surface area (Å²) in [5.74, 6) is -5.99. The first-order chi connectivity index (χ1) is 19.8. The Morgan fingerprint density at radius 3 is 2.50 bits per heavy atom. The van der Waals surface area contributed by atoms with Gasteiger partial charge in [0.05, 0.1) is 11.3 Å². The summed E-state index contributed by atoms with van der Waals surface area (Å²) in [6.07, 6.45) is 4.64. The van der Waals surface area contributed by atoms with Crippen molar-refractivity contribution in [3.05, 3.63) is 82.3 Å². The highest BCUT2D eigenvalue weighted by atomic mass is 35.5. The van der Waals surface area contributed by atoms with Gasteiger partial charge in [-0.2, -0.15) is 0 Å². The van der Waals surface area contributed by atoms with Gasteiger partial charge in [0.25, 0.3) is 0 Å². The van der Waals surface area contributed by atoms with Gasteiger partial charge in [0, 0.05) is 36.0 Å². The van der Waals surface area contributed by atoms with Gasteiger partial charge in [0.2, 0.25) is 5.78 Å². The lowest BCUT2D eigenvalue weighted by Gasteiger charge is -2.42. The van der Waals surface area contributed by atoms with Crippen LogP contribution in [0.15, 0.2) is 76.8 Å². The smallest absolute Gasteiger partial charge is 0.340 e. The van der Waals surface area contributed by atoms with Crippen molar-refractivity contribution in [2.24, 2.45) is 23.7 Å². The summed E-state index contributed by atoms with van der Waals surface area (Å²) in [5.41, 5.74) is -0.0225. The number of benzene rings is 1. The number of cyclic esters (lactones) is 1. The molecule has 0 unspecified atom stereocenters. The Labute approximate surface area is 249 Å². The van der Waals surface area contributed by atoms with E-state index in [2.05, 4.69) is 0 Å². The molecule has 9 nitrogen and oxygen atoms in total. The third-order valence-corrected chi connectivity index (χ3v) is 9.34. The monoisotopic (exact) mass is 598 g/mol. The van der Waals surface area contributed by atoms with E-state index in [-0.39, 0.29) is 11.0 Å². The Bertz CT molecular complexity index is 1410. The highest BCUT2D eigenvalue weighted by Gasteiger charge is 2.72. The number of carbonyl (C=O) groups is 3. The van der Waals surface area contributed by atoms with E-state index < -0.39 is 65.2 Å². The molecule has 0 saturated carbocycles. The molecule has 1 aliphatic carbocycles. The SMILES string of the molecule is CO[C@H](C(=O)O[C@H](C)[C@H](C)/C=C/C1=CC2=C(Cl)C(=O)[C@@]3(C)O[C@]4(O)[C@H](C)[C@@H](C)OC(=O)[C@@H]4[C@H]3C2=CO1)c1ccccc1. The van der Waals surface area contributed by atoms with Crippen molar-refractivity contribution < 1.29 is 43.2 Å². The first-order valence-electron chi connectivity index (χ1n) is 14.0. The van der Waals surface area contributed by atoms with Gasteiger partial charge in [-0.3, -0.25) is 9.59 Å². The van der Waals surface area contributed by atoms with Crippen LogP contribution in [0.3, 0.4) is 0 Å². The van der Waals surface area contributed by atoms with Crippen molar-refractivity contribution in [1.82, 2.24) is 0 Å². The van der Waals surface area contributed by atoms with E-state index in [0.717, 1.165) is 0 Å². The van der Waals surface area contributed by atoms with Crippen molar-refractivity contribution >= 4 is 29.3 Å². The number of fused-ring (bicyclic) bond motifs is 5. The molecule has 42 heavy (non-hydrogen) atoms. The standard InChI is InChI=1S/C32H35ClO9/c1-16(18(3)40-30(36)27(38-6)20-10-8-7-9-11-20)12-13-21-14-22-23(15-39-21)24-25-29(35)41-19(4)17(2)32(25,37)42-31(24,5)28(34)26(22)33/h7-19,24-25,27,37H,1-6H3/b13-12+/t16-,17-,18-,19-,24-,25+,27+,31+,32-/m1/s1. The van der Waals surface area contributed by atoms with Crippen LogP contribution in [0.2, 0.25) is 0 Å². The van der Waals surface area contributed by atoms with Gasteiger partial charge < -0.3 is 28.8 Å². The minimum absolute atomic E-state index is 0.0765. The van der Waals surface area contributed by atoms with Gasteiger partial charge in [-0.25, -0.2) is 4.79 Å². The molecule has 0 amide bonds. The van der Waals surface area contributed by atoms with Crippen molar-refractivity contribution in [1.29, 1.82) is 0 Å². The maximum atomic E-state index is 13.6. The Kier molecular flexibility index (Phi) is 8.00. The molecule has 2 fully saturated rings. The molecule has 2 saturated heterocycles. The summed E-state index contributed by atoms with van der Waals surface area (Å²) >= 11 is 6.59. The van der Waals surface area contributed by atoms with Gasteiger partial charge in [0.15, 0.2) is 11.9 Å². The number of ketones is 1. The first kappa shape index (κ1) is 30.2. The first-order valence-corrected chi connectivity index (χ1v) is 14.3. The lowest BCUT2D eigenvalue weighted by atomic mass is 9.65. The van der Waals surface area contributed by atoms with Crippen molar-refractivity contribution in [3.63, 3.8) is 0 Å². The summed E-state index contributed by atoms with van der Waals surface area (Å²) < 4.78 is 28.5. The Balaban J connectivity index is 1.34. The van der Waals surface area contributed by atoms with Crippen LogP contribution >= 0.6 is 11.6 Å². The number of esters is 2. The summed E-state index contributed by atoms with van der Waals surface area (Å²) in [7, 11) is 1.45. The van der Waals surface area contributed by atoms with Crippen LogP contribution in [0.1, 0.15) is 46.3 Å². The fourth-order valence-corrected chi connectivity index (χ4v) is 6.48. The molecule has 4 aliphatic rings. The van der Waals surface area contributed by atoms with E-state index >= 15 is 0 Å². The number of hydrogen-bond donors (Lipinski definition) is 1. The molecular formula is C32H35ClO9. The summed E-state index contributed by atoms with van der Waals surface area (Å²) in [4.78, 5) is 39.4. The molecule has 0 spiro atoms. The van der Waals surface area contributed by atoms with Gasteiger partial charge in [-0.05, 0) is 38.5 Å². The summed E-state index contributed by atoms with van der Waals surface area (Å²) in [6, 6.07) is 9.10. The zero-order chi connectivity index (χ0) is 30.6. The minimum Gasteiger partial charge on any atom is -0.465 e. The van der Waals surface area contributed by atoms with Crippen LogP contribution in [0.5, 0.6) is 0 Å². The number of Topliss-reactive ketones (excluding diaryl/α,β-unsaturated/α-hetero) is 1. The summed E-state index contributed by atoms with van der Waals surface area (Å²) in [6.45, 7) is 8.60. The Morgan fingerprint density at radius 1 is 1.14 bits per heavy atom. The molecule has 10 heteroatoms. The normalized spacial score (nSPS) is 34.3. The largest absolute Gasteiger partial charge is 0.465 e. The van der Waals surface area contributed by atoms with Gasteiger partial charge in [-0.15, -0.1) is 0 Å². The molecule has 0 bridgehead atoms. The molecule has 3 heterocycles. The highest BCUT2D eigenvalue weighted by Crippen LogP contribution is 2.60. The molecule has 1 N–H and O–H groups in total. The number of ether oxygens (including phenoxy) is 5. The van der Waals surface area contributed by atoms with Gasteiger partial charge in [-0.1, -0.05) is 61.9 Å². The number of carbonyl (C=O) groups excluding carboxylic acids is 3. The second-order valence-corrected chi connectivity index (χ2v) is 11.9. The van der Waals surface area contributed by atoms with Crippen LogP contribution < -0.4 is 0 Å². The Morgan fingerprint density at radius 2 is 1.83 bits per heavy atom. The highest BCUT2D eigenvalue weighted by molar-refractivity contribution is 6.45. The number of aliphatic hydroxyl groups is 1. The van der Waals surface area contributed by atoms with E-state index in [9.17, 15) is 19.5 Å². The second kappa shape index (κ2) is 11.1. The molecule has 1 aromatic carbocycles. The fraction of sp³-hybridized carbons (Fsp3) is 0.469. The molecule has 0 aromatic heterocycles. The lowest BCUT2D eigenvalue weighted by Crippen LogP contribution is -2.56. The van der Waals surface area contributed by atoms with E-state index in [1.165, 1.54) is 20.3 Å². The fourth-order valence-electron chi connectivity index (χ4n) is 6.13. The molecule has 5 rings (SSSR count). The molecule has 9 atom stereocenters. The van der Waals surface area contributed by atoms with Crippen LogP contribution in [-0.4, -0.2) is 53.5 Å². The predicted molar refractivity (Wildman–Crippen MR) is 151 cm³/mol. The number of methoxy groups -OCH3 is 1. The van der Waals surface area contributed by atoms with E-state index in [1.54, 1.807) is 45.1 Å². The second-order valence-electron chi connectivity index (χ2n) is 11.5. The van der Waals surface area contributed by atoms with Crippen molar-refractivity contribution in [3.8, 4) is 0 Å². The predicted octanol–water partition coefficient (Wildman–Crippen LogP) is 4.66. The van der Waals surface area contributed by atoms with Crippen molar-refractivity contribution in [2.45, 2.75) is 64.3 Å². The van der Waals surface area contributed by atoms with Crippen molar-refractivity contribution in [2.75, 3.05) is 7.11 Å². The molecule has 224 valence electrons. The van der Waals surface area contributed by atoms with Crippen LogP contribution in [0.4, 0.5) is 0 Å². The third kappa shape index (κ3) is 4.82. The molecule has 0 radical (unpaired) electrons. The van der Waals surface area contributed by atoms with Crippen LogP contribution in [0.25, 0.3) is 0 Å². The third-order valence-electron chi connectivity index (χ3n) is 8.96. The Hall–Kier alpha value is -3.24. The molecule has 1 aromatic rings. The lowest BCUT2D eigenvalue weighted by molar-refractivity contribution is -0.286. The van der Waals surface area contributed by atoms with E-state index in [0.29, 0.717) is 22.5 Å². The topological polar surface area (TPSA) is 118 Å². The van der Waals surface area contributed by atoms with E-state index in [1.807, 2.05) is 31.2 Å². The summed E-state index contributed by atoms with van der Waals surface area (Å²) in [5, 5.41) is 11.5. The molecule has 3 aliphatic heterocycles. The minimum atomic E-state index is -1.91. The van der Waals surface area contributed by atoms with Gasteiger partial charge in [0.1, 0.15) is 29.5 Å². The number of allylic oxidation sites excluding steroid dienone is 3. The van der Waals surface area contributed by atoms with Gasteiger partial charge >= 0.3 is 11.9 Å². The maximum Gasteiger partial charge on any atom is 0.340 e. The maximum absolute atomic E-state index is 13.6. The average Bonchev–Trinajstić information content (AvgIpc) is 3.23. The number of halogens is 1. The number of rotatable bonds is 7. The quantitative estimate of drug-likeness (QED) is 0.447. The zero-order valence-corrected chi connectivity index (χ0v) is 25.1. The van der Waals surface area contributed by atoms with Crippen LogP contribution in [-0.2, 0) is 38.1 Å². The van der Waals surface area contributed by atoms with Crippen LogP contribution in [0, 0.1) is 23.7 Å². The zero-order valence-electron chi connectivity index (χ0n) is 24.3. The van der Waals surface area contributed by atoms with E-state index in [4.69, 9.17) is 35.3 Å². The molecular weight excluding hydrogens is 564 g/mol.